The lowest BCUT2D eigenvalue weighted by Crippen LogP contribution is -2.51. The largest absolute Gasteiger partial charge is 0.390 e. The number of piperidine rings is 1. The molecular weight excluding hydrogens is 286 g/mol. The van der Waals surface area contributed by atoms with Crippen molar-refractivity contribution in [1.29, 1.82) is 0 Å². The first-order valence-corrected chi connectivity index (χ1v) is 9.01. The Morgan fingerprint density at radius 1 is 1.13 bits per heavy atom. The van der Waals surface area contributed by atoms with E-state index in [2.05, 4.69) is 29.6 Å². The Morgan fingerprint density at radius 2 is 1.78 bits per heavy atom. The summed E-state index contributed by atoms with van der Waals surface area (Å²) < 4.78 is 0. The van der Waals surface area contributed by atoms with Gasteiger partial charge in [0.1, 0.15) is 0 Å². The van der Waals surface area contributed by atoms with Gasteiger partial charge in [-0.3, -0.25) is 4.79 Å². The van der Waals surface area contributed by atoms with Gasteiger partial charge in [-0.15, -0.1) is 0 Å². The number of hydrogen-bond donors (Lipinski definition) is 2. The van der Waals surface area contributed by atoms with Gasteiger partial charge < -0.3 is 10.4 Å². The number of amides is 1. The molecule has 2 N–H and O–H groups in total. The number of aliphatic hydroxyl groups is 1. The highest BCUT2D eigenvalue weighted by Gasteiger charge is 2.36. The van der Waals surface area contributed by atoms with Gasteiger partial charge in [0.25, 0.3) is 0 Å². The molecule has 1 saturated heterocycles. The predicted octanol–water partition coefficient (Wildman–Crippen LogP) is 3.24. The van der Waals surface area contributed by atoms with Gasteiger partial charge in [0.2, 0.25) is 5.91 Å². The van der Waals surface area contributed by atoms with E-state index in [9.17, 15) is 9.90 Å². The zero-order valence-corrected chi connectivity index (χ0v) is 14.3. The molecule has 1 heterocycles. The molecule has 3 rings (SSSR count). The van der Waals surface area contributed by atoms with E-state index in [4.69, 9.17) is 0 Å². The summed E-state index contributed by atoms with van der Waals surface area (Å²) in [6, 6.07) is 8.82. The molecule has 2 aliphatic rings. The molecule has 126 valence electrons. The van der Waals surface area contributed by atoms with E-state index in [1.165, 1.54) is 24.8 Å². The number of nitrogens with one attached hydrogen (secondary N) is 1. The van der Waals surface area contributed by atoms with Crippen LogP contribution in [-0.2, 0) is 17.6 Å². The highest BCUT2D eigenvalue weighted by atomic mass is 16.3. The molecule has 3 unspecified atom stereocenters. The van der Waals surface area contributed by atoms with Crippen molar-refractivity contribution in [2.45, 2.75) is 70.4 Å². The number of rotatable bonds is 4. The van der Waals surface area contributed by atoms with E-state index < -0.39 is 5.60 Å². The second kappa shape index (κ2) is 6.64. The van der Waals surface area contributed by atoms with Crippen LogP contribution in [0.15, 0.2) is 24.3 Å². The Hall–Kier alpha value is -1.35. The summed E-state index contributed by atoms with van der Waals surface area (Å²) >= 11 is 0. The molecular formula is C20H29NO2. The molecule has 3 heteroatoms. The van der Waals surface area contributed by atoms with Crippen LogP contribution in [0.5, 0.6) is 0 Å². The van der Waals surface area contributed by atoms with Crippen molar-refractivity contribution >= 4 is 5.91 Å². The first kappa shape index (κ1) is 16.5. The molecule has 2 fully saturated rings. The summed E-state index contributed by atoms with van der Waals surface area (Å²) in [5.41, 5.74) is 1.68. The zero-order valence-electron chi connectivity index (χ0n) is 14.3. The van der Waals surface area contributed by atoms with Crippen LogP contribution in [0.2, 0.25) is 0 Å². The van der Waals surface area contributed by atoms with Crippen LogP contribution < -0.4 is 5.32 Å². The summed E-state index contributed by atoms with van der Waals surface area (Å²) in [4.78, 5) is 12.4. The number of carbonyl (C=O) groups is 1. The van der Waals surface area contributed by atoms with Gasteiger partial charge in [-0.25, -0.2) is 0 Å². The van der Waals surface area contributed by atoms with Crippen molar-refractivity contribution in [1.82, 2.24) is 5.32 Å². The van der Waals surface area contributed by atoms with Crippen molar-refractivity contribution in [3.8, 4) is 0 Å². The molecule has 3 atom stereocenters. The molecule has 0 spiro atoms. The number of carbonyl (C=O) groups excluding carboxylic acids is 1. The van der Waals surface area contributed by atoms with Gasteiger partial charge in [0.05, 0.1) is 5.60 Å². The number of fused-ring (bicyclic) bond motifs is 1. The van der Waals surface area contributed by atoms with Crippen LogP contribution in [0, 0.1) is 11.8 Å². The molecule has 0 bridgehead atoms. The molecule has 0 radical (unpaired) electrons. The van der Waals surface area contributed by atoms with E-state index >= 15 is 0 Å². The maximum Gasteiger partial charge on any atom is 0.223 e. The summed E-state index contributed by atoms with van der Waals surface area (Å²) in [5, 5.41) is 13.2. The SMILES string of the molecule is CC(C)(O)Cc1ccc(CC2CC3CCCCC3NC2=O)cc1. The van der Waals surface area contributed by atoms with Crippen molar-refractivity contribution in [3.05, 3.63) is 35.4 Å². The van der Waals surface area contributed by atoms with Gasteiger partial charge >= 0.3 is 0 Å². The maximum absolute atomic E-state index is 12.4. The summed E-state index contributed by atoms with van der Waals surface area (Å²) in [6.45, 7) is 3.65. The fourth-order valence-electron chi connectivity index (χ4n) is 4.21. The number of hydrogen-bond acceptors (Lipinski definition) is 2. The first-order chi connectivity index (χ1) is 10.9. The molecule has 1 saturated carbocycles. The Morgan fingerprint density at radius 3 is 2.48 bits per heavy atom. The highest BCUT2D eigenvalue weighted by Crippen LogP contribution is 2.34. The van der Waals surface area contributed by atoms with Crippen LogP contribution in [0.1, 0.15) is 57.1 Å². The molecule has 1 aromatic rings. The Bertz CT molecular complexity index is 544. The summed E-state index contributed by atoms with van der Waals surface area (Å²) in [5.74, 6) is 1.05. The quantitative estimate of drug-likeness (QED) is 0.896. The Balaban J connectivity index is 1.61. The van der Waals surface area contributed by atoms with E-state index in [1.807, 2.05) is 13.8 Å². The van der Waals surface area contributed by atoms with Gasteiger partial charge in [0, 0.05) is 18.4 Å². The van der Waals surface area contributed by atoms with E-state index in [1.54, 1.807) is 0 Å². The van der Waals surface area contributed by atoms with Gasteiger partial charge in [-0.05, 0) is 56.6 Å². The van der Waals surface area contributed by atoms with E-state index in [0.717, 1.165) is 24.8 Å². The van der Waals surface area contributed by atoms with Crippen LogP contribution in [0.3, 0.4) is 0 Å². The van der Waals surface area contributed by atoms with Crippen molar-refractivity contribution < 1.29 is 9.90 Å². The van der Waals surface area contributed by atoms with Gasteiger partial charge in [0.15, 0.2) is 0 Å². The Kier molecular flexibility index (Phi) is 4.77. The third-order valence-corrected chi connectivity index (χ3v) is 5.34. The normalized spacial score (nSPS) is 28.1. The topological polar surface area (TPSA) is 49.3 Å². The monoisotopic (exact) mass is 315 g/mol. The molecule has 1 amide bonds. The summed E-state index contributed by atoms with van der Waals surface area (Å²) in [6.07, 6.45) is 7.53. The average Bonchev–Trinajstić information content (AvgIpc) is 2.48. The lowest BCUT2D eigenvalue weighted by Gasteiger charge is -2.39. The third-order valence-electron chi connectivity index (χ3n) is 5.34. The van der Waals surface area contributed by atoms with E-state index in [-0.39, 0.29) is 11.8 Å². The molecule has 3 nitrogen and oxygen atoms in total. The first-order valence-electron chi connectivity index (χ1n) is 9.01. The van der Waals surface area contributed by atoms with Crippen molar-refractivity contribution in [3.63, 3.8) is 0 Å². The van der Waals surface area contributed by atoms with Crippen molar-refractivity contribution in [2.75, 3.05) is 0 Å². The zero-order chi connectivity index (χ0) is 16.4. The van der Waals surface area contributed by atoms with Gasteiger partial charge in [-0.1, -0.05) is 37.1 Å². The maximum atomic E-state index is 12.4. The van der Waals surface area contributed by atoms with Crippen LogP contribution in [0.4, 0.5) is 0 Å². The third kappa shape index (κ3) is 4.35. The predicted molar refractivity (Wildman–Crippen MR) is 92.1 cm³/mol. The van der Waals surface area contributed by atoms with Crippen LogP contribution >= 0.6 is 0 Å². The second-order valence-electron chi connectivity index (χ2n) is 8.10. The minimum Gasteiger partial charge on any atom is -0.390 e. The van der Waals surface area contributed by atoms with E-state index in [0.29, 0.717) is 18.4 Å². The summed E-state index contributed by atoms with van der Waals surface area (Å²) in [7, 11) is 0. The minimum absolute atomic E-state index is 0.120. The average molecular weight is 315 g/mol. The highest BCUT2D eigenvalue weighted by molar-refractivity contribution is 5.80. The molecule has 0 aromatic heterocycles. The van der Waals surface area contributed by atoms with Crippen molar-refractivity contribution in [2.24, 2.45) is 11.8 Å². The minimum atomic E-state index is -0.680. The fraction of sp³-hybridized carbons (Fsp3) is 0.650. The molecule has 1 aliphatic heterocycles. The Labute approximate surface area is 139 Å². The van der Waals surface area contributed by atoms with Gasteiger partial charge in [-0.2, -0.15) is 0 Å². The second-order valence-corrected chi connectivity index (χ2v) is 8.10. The molecule has 1 aromatic carbocycles. The smallest absolute Gasteiger partial charge is 0.223 e. The van der Waals surface area contributed by atoms with Crippen LogP contribution in [-0.4, -0.2) is 22.7 Å². The molecule has 1 aliphatic carbocycles. The standard InChI is InChI=1S/C20H29NO2/c1-20(2,23)13-15-9-7-14(8-10-15)11-17-12-16-5-3-4-6-18(16)21-19(17)22/h7-10,16-18,23H,3-6,11-13H2,1-2H3,(H,21,22). The fourth-order valence-corrected chi connectivity index (χ4v) is 4.21. The molecule has 23 heavy (non-hydrogen) atoms. The lowest BCUT2D eigenvalue weighted by atomic mass is 9.74. The van der Waals surface area contributed by atoms with Crippen LogP contribution in [0.25, 0.3) is 0 Å². The number of benzene rings is 1. The lowest BCUT2D eigenvalue weighted by molar-refractivity contribution is -0.129.